The minimum Gasteiger partial charge on any atom is -0.310 e. The Hall–Kier alpha value is -13.8. The quantitative estimate of drug-likeness (QED) is 0.0851. The second-order valence-corrected chi connectivity index (χ2v) is 29.8. The fraction of sp³-hybridized carbons (Fsp3) is 0.0654. The van der Waals surface area contributed by atoms with E-state index in [0.29, 0.717) is 0 Å². The molecule has 4 nitrogen and oxygen atoms in total. The third-order valence-corrected chi connectivity index (χ3v) is 23.3. The van der Waals surface area contributed by atoms with E-state index in [1.165, 1.54) is 121 Å². The highest BCUT2D eigenvalue weighted by Gasteiger charge is 2.43. The predicted molar refractivity (Wildman–Crippen MR) is 471 cm³/mol. The molecule has 2 heterocycles. The van der Waals surface area contributed by atoms with Crippen LogP contribution in [-0.2, 0) is 5.41 Å². The summed E-state index contributed by atoms with van der Waals surface area (Å²) in [5, 5.41) is 7.31. The van der Waals surface area contributed by atoms with E-state index in [2.05, 4.69) is 433 Å². The van der Waals surface area contributed by atoms with Crippen LogP contribution in [0.4, 0.5) is 34.1 Å². The van der Waals surface area contributed by atoms with Crippen molar-refractivity contribution in [2.75, 3.05) is 9.80 Å². The number of aromatic nitrogens is 2. The Kier molecular flexibility index (Phi) is 16.9. The van der Waals surface area contributed by atoms with E-state index in [1.807, 2.05) is 0 Å². The van der Waals surface area contributed by atoms with Crippen LogP contribution in [0.1, 0.15) is 50.7 Å². The normalized spacial score (nSPS) is 12.3. The van der Waals surface area contributed by atoms with E-state index in [4.69, 9.17) is 0 Å². The van der Waals surface area contributed by atoms with E-state index >= 15 is 0 Å². The van der Waals surface area contributed by atoms with Gasteiger partial charge in [0.05, 0.1) is 22.1 Å². The molecule has 0 unspecified atom stereocenters. The molecule has 0 atom stereocenters. The molecule has 19 aromatic rings. The molecule has 0 N–H and O–H groups in total. The first-order valence-electron chi connectivity index (χ1n) is 39.1. The molecule has 1 aliphatic carbocycles. The topological polar surface area (TPSA) is 16.3 Å². The van der Waals surface area contributed by atoms with Gasteiger partial charge < -0.3 is 18.9 Å². The molecule has 0 saturated carbocycles. The number of hydrogen-bond acceptors (Lipinski definition) is 2. The predicted octanol–water partition coefficient (Wildman–Crippen LogP) is 29.8. The highest BCUT2D eigenvalue weighted by atomic mass is 15.2. The van der Waals surface area contributed by atoms with Crippen molar-refractivity contribution in [1.82, 2.24) is 9.13 Å². The van der Waals surface area contributed by atoms with Crippen molar-refractivity contribution >= 4 is 88.5 Å². The molecule has 528 valence electrons. The van der Waals surface area contributed by atoms with Crippen LogP contribution >= 0.6 is 0 Å². The second kappa shape index (κ2) is 28.1. The van der Waals surface area contributed by atoms with Gasteiger partial charge in [0.25, 0.3) is 0 Å². The average molecular weight is 1420 g/mol. The van der Waals surface area contributed by atoms with E-state index in [1.54, 1.807) is 0 Å². The molecule has 0 amide bonds. The summed E-state index contributed by atoms with van der Waals surface area (Å²) in [7, 11) is 0. The maximum atomic E-state index is 2.58. The van der Waals surface area contributed by atoms with Gasteiger partial charge in [-0.2, -0.15) is 0 Å². The van der Waals surface area contributed by atoms with Crippen molar-refractivity contribution in [1.29, 1.82) is 0 Å². The van der Waals surface area contributed by atoms with Crippen LogP contribution in [0.25, 0.3) is 144 Å². The molecule has 20 rings (SSSR count). The van der Waals surface area contributed by atoms with Crippen LogP contribution in [0, 0.1) is 0 Å². The van der Waals surface area contributed by atoms with Gasteiger partial charge in [-0.1, -0.05) is 281 Å². The zero-order chi connectivity index (χ0) is 73.9. The third-order valence-electron chi connectivity index (χ3n) is 23.3. The Morgan fingerprint density at radius 3 is 0.892 bits per heavy atom. The zero-order valence-corrected chi connectivity index (χ0v) is 62.2. The fourth-order valence-electron chi connectivity index (χ4n) is 18.2. The standard InChI is InChI=1S/C107H80N4/c1-3-61-107(62-4-2)101-69-86-63-93(108(87-50-41-79(42-51-87)73-25-11-5-12-26-73)89-37-23-39-91(70-89)110-103-57-46-81(75-29-15-7-16-30-75)65-97(103)98-66-82(47-58-104(98)110)76-31-17-8-18-32-76)54-45-85(86)64-96(101)95-56-55-94(72-102(95)107)109(88-52-43-80(44-53-88)74-27-13-6-14-28-74)90-38-24-40-92(71-90)111-105-59-48-83(77-33-19-9-20-34-77)67-99(105)100-68-84(49-60-106(100)111)78-35-21-10-22-36-78/h5-60,63-72H,3-4,61-62H2,1-2H3. The number of hydrogen-bond donors (Lipinski definition) is 0. The minimum absolute atomic E-state index is 0.257. The number of rotatable bonds is 18. The summed E-state index contributed by atoms with van der Waals surface area (Å²) in [6, 6.07) is 149. The van der Waals surface area contributed by atoms with Gasteiger partial charge in [0.15, 0.2) is 0 Å². The molecule has 0 aliphatic heterocycles. The van der Waals surface area contributed by atoms with Crippen molar-refractivity contribution in [3.63, 3.8) is 0 Å². The monoisotopic (exact) mass is 1420 g/mol. The minimum atomic E-state index is -0.257. The lowest BCUT2D eigenvalue weighted by Crippen LogP contribution is -2.25. The van der Waals surface area contributed by atoms with Crippen LogP contribution in [0.3, 0.4) is 0 Å². The molecule has 0 bridgehead atoms. The molecule has 0 radical (unpaired) electrons. The lowest BCUT2D eigenvalue weighted by molar-refractivity contribution is 0.436. The summed E-state index contributed by atoms with van der Waals surface area (Å²) in [6.45, 7) is 4.75. The number of fused-ring (bicyclic) bond motifs is 10. The lowest BCUT2D eigenvalue weighted by atomic mass is 9.71. The van der Waals surface area contributed by atoms with E-state index in [0.717, 1.165) is 93.2 Å². The van der Waals surface area contributed by atoms with Gasteiger partial charge >= 0.3 is 0 Å². The number of anilines is 6. The Morgan fingerprint density at radius 1 is 0.216 bits per heavy atom. The summed E-state index contributed by atoms with van der Waals surface area (Å²) >= 11 is 0. The van der Waals surface area contributed by atoms with Crippen molar-refractivity contribution in [3.8, 4) is 89.3 Å². The SMILES string of the molecule is CCCC1(CCC)c2cc(N(c3ccc(-c4ccccc4)cc3)c3cccc(-n4c5ccc(-c6ccccc6)cc5c5cc(-c6ccccc6)ccc54)c3)ccc2-c2cc3ccc(N(c4ccc(-c5ccccc5)cc4)c4cccc(-n5c6ccc(-c7ccccc7)cc6c6cc(-c7ccccc7)ccc65)c4)cc3cc21. The molecular weight excluding hydrogens is 1340 g/mol. The highest BCUT2D eigenvalue weighted by Crippen LogP contribution is 2.57. The molecule has 4 heteroatoms. The van der Waals surface area contributed by atoms with Crippen LogP contribution in [0.2, 0.25) is 0 Å². The molecule has 2 aromatic heterocycles. The number of nitrogens with zero attached hydrogens (tertiary/aromatic N) is 4. The van der Waals surface area contributed by atoms with Gasteiger partial charge in [-0.05, 0) is 258 Å². The molecule has 111 heavy (non-hydrogen) atoms. The lowest BCUT2D eigenvalue weighted by Gasteiger charge is -2.33. The largest absolute Gasteiger partial charge is 0.310 e. The molecule has 0 fully saturated rings. The zero-order valence-electron chi connectivity index (χ0n) is 62.2. The van der Waals surface area contributed by atoms with Crippen molar-refractivity contribution < 1.29 is 0 Å². The summed E-state index contributed by atoms with van der Waals surface area (Å²) in [5.41, 5.74) is 32.9. The summed E-state index contributed by atoms with van der Waals surface area (Å²) in [5.74, 6) is 0. The van der Waals surface area contributed by atoms with E-state index in [-0.39, 0.29) is 5.41 Å². The molecule has 1 aliphatic rings. The molecule has 0 saturated heterocycles. The van der Waals surface area contributed by atoms with Crippen LogP contribution in [0.15, 0.2) is 400 Å². The third kappa shape index (κ3) is 11.9. The summed E-state index contributed by atoms with van der Waals surface area (Å²) in [4.78, 5) is 4.97. The average Bonchev–Trinajstić information content (AvgIpc) is 1.56. The van der Waals surface area contributed by atoms with Crippen LogP contribution in [0.5, 0.6) is 0 Å². The van der Waals surface area contributed by atoms with E-state index < -0.39 is 0 Å². The fourth-order valence-corrected chi connectivity index (χ4v) is 18.2. The van der Waals surface area contributed by atoms with Crippen LogP contribution in [-0.4, -0.2) is 9.13 Å². The maximum absolute atomic E-state index is 2.58. The Bertz CT molecular complexity index is 6480. The first-order chi connectivity index (χ1) is 54.9. The molecule has 17 aromatic carbocycles. The molecular formula is C107H80N4. The van der Waals surface area contributed by atoms with E-state index in [9.17, 15) is 0 Å². The van der Waals surface area contributed by atoms with Crippen molar-refractivity contribution in [2.45, 2.75) is 44.9 Å². The maximum Gasteiger partial charge on any atom is 0.0541 e. The molecule has 0 spiro atoms. The van der Waals surface area contributed by atoms with Gasteiger partial charge in [0, 0.05) is 72.5 Å². The number of benzene rings is 17. The first-order valence-corrected chi connectivity index (χ1v) is 39.1. The smallest absolute Gasteiger partial charge is 0.0541 e. The van der Waals surface area contributed by atoms with Gasteiger partial charge in [0.2, 0.25) is 0 Å². The van der Waals surface area contributed by atoms with Crippen molar-refractivity contribution in [3.05, 3.63) is 412 Å². The van der Waals surface area contributed by atoms with Gasteiger partial charge in [-0.25, -0.2) is 0 Å². The van der Waals surface area contributed by atoms with Gasteiger partial charge in [0.1, 0.15) is 0 Å². The summed E-state index contributed by atoms with van der Waals surface area (Å²) in [6.07, 6.45) is 4.09. The first kappa shape index (κ1) is 66.6. The van der Waals surface area contributed by atoms with Gasteiger partial charge in [-0.3, -0.25) is 0 Å². The second-order valence-electron chi connectivity index (χ2n) is 29.8. The Balaban J connectivity index is 0.720. The van der Waals surface area contributed by atoms with Gasteiger partial charge in [-0.15, -0.1) is 0 Å². The summed E-state index contributed by atoms with van der Waals surface area (Å²) < 4.78 is 4.94. The van der Waals surface area contributed by atoms with Crippen molar-refractivity contribution in [2.24, 2.45) is 0 Å². The Labute approximate surface area is 648 Å². The van der Waals surface area contributed by atoms with Crippen LogP contribution < -0.4 is 9.80 Å². The highest BCUT2D eigenvalue weighted by molar-refractivity contribution is 6.13. The Morgan fingerprint density at radius 2 is 0.523 bits per heavy atom.